The topological polar surface area (TPSA) is 111 Å². The summed E-state index contributed by atoms with van der Waals surface area (Å²) >= 11 is 0. The van der Waals surface area contributed by atoms with E-state index in [0.29, 0.717) is 18.2 Å². The van der Waals surface area contributed by atoms with Gasteiger partial charge < -0.3 is 21.2 Å². The third-order valence-corrected chi connectivity index (χ3v) is 2.49. The molecule has 0 aliphatic heterocycles. The van der Waals surface area contributed by atoms with Crippen LogP contribution in [-0.2, 0) is 0 Å². The van der Waals surface area contributed by atoms with Crippen LogP contribution in [0.3, 0.4) is 0 Å². The van der Waals surface area contributed by atoms with Gasteiger partial charge in [0.25, 0.3) is 0 Å². The first kappa shape index (κ1) is 13.9. The molecule has 20 heavy (non-hydrogen) atoms. The second-order valence-corrected chi connectivity index (χ2v) is 4.14. The van der Waals surface area contributed by atoms with Gasteiger partial charge in [0.05, 0.1) is 6.61 Å². The van der Waals surface area contributed by atoms with E-state index in [9.17, 15) is 0 Å². The summed E-state index contributed by atoms with van der Waals surface area (Å²) in [5, 5.41) is 3.12. The van der Waals surface area contributed by atoms with Gasteiger partial charge in [-0.25, -0.2) is 5.84 Å². The van der Waals surface area contributed by atoms with Gasteiger partial charge in [-0.05, 0) is 30.7 Å². The summed E-state index contributed by atoms with van der Waals surface area (Å²) in [4.78, 5) is 7.99. The molecular weight excluding hydrogens is 256 g/mol. The number of hydrogen-bond donors (Lipinski definition) is 4. The minimum absolute atomic E-state index is 0.144. The SMILES string of the molecule is CCCOc1ccc(Nc2cc(NN)nc(N)n2)cc1. The summed E-state index contributed by atoms with van der Waals surface area (Å²) in [5.74, 6) is 7.30. The van der Waals surface area contributed by atoms with Crippen molar-refractivity contribution in [3.05, 3.63) is 30.3 Å². The summed E-state index contributed by atoms with van der Waals surface area (Å²) in [5.41, 5.74) is 8.90. The molecule has 2 aromatic rings. The first-order valence-corrected chi connectivity index (χ1v) is 6.32. The molecule has 0 radical (unpaired) electrons. The van der Waals surface area contributed by atoms with Crippen molar-refractivity contribution in [2.75, 3.05) is 23.1 Å². The van der Waals surface area contributed by atoms with Crippen LogP contribution in [0.1, 0.15) is 13.3 Å². The molecule has 0 saturated carbocycles. The van der Waals surface area contributed by atoms with Crippen LogP contribution in [0.5, 0.6) is 5.75 Å². The molecule has 0 saturated heterocycles. The Morgan fingerprint density at radius 1 is 1.15 bits per heavy atom. The molecule has 0 bridgehead atoms. The van der Waals surface area contributed by atoms with E-state index in [1.54, 1.807) is 6.07 Å². The number of ether oxygens (including phenoxy) is 1. The van der Waals surface area contributed by atoms with Gasteiger partial charge in [-0.3, -0.25) is 0 Å². The van der Waals surface area contributed by atoms with Crippen LogP contribution in [0.2, 0.25) is 0 Å². The van der Waals surface area contributed by atoms with Crippen molar-refractivity contribution in [2.24, 2.45) is 5.84 Å². The molecule has 1 aromatic heterocycles. The molecule has 0 atom stereocenters. The highest BCUT2D eigenvalue weighted by atomic mass is 16.5. The highest BCUT2D eigenvalue weighted by Crippen LogP contribution is 2.20. The zero-order chi connectivity index (χ0) is 14.4. The van der Waals surface area contributed by atoms with Crippen LogP contribution in [0.4, 0.5) is 23.3 Å². The maximum Gasteiger partial charge on any atom is 0.223 e. The molecule has 7 heteroatoms. The van der Waals surface area contributed by atoms with Crippen LogP contribution in [-0.4, -0.2) is 16.6 Å². The van der Waals surface area contributed by atoms with E-state index in [1.165, 1.54) is 0 Å². The number of rotatable bonds is 6. The molecule has 2 rings (SSSR count). The van der Waals surface area contributed by atoms with Crippen molar-refractivity contribution >= 4 is 23.3 Å². The third-order valence-electron chi connectivity index (χ3n) is 2.49. The summed E-state index contributed by atoms with van der Waals surface area (Å²) < 4.78 is 5.52. The first-order chi connectivity index (χ1) is 9.71. The predicted molar refractivity (Wildman–Crippen MR) is 79.8 cm³/mol. The standard InChI is InChI=1S/C13H18N6O/c1-2-7-20-10-5-3-9(4-6-10)16-11-8-12(19-15)18-13(14)17-11/h3-6,8H,2,7,15H2,1H3,(H4,14,16,17,18,19). The first-order valence-electron chi connectivity index (χ1n) is 6.32. The molecule has 0 spiro atoms. The third kappa shape index (κ3) is 3.72. The Morgan fingerprint density at radius 3 is 2.50 bits per heavy atom. The van der Waals surface area contributed by atoms with Crippen LogP contribution in [0, 0.1) is 0 Å². The van der Waals surface area contributed by atoms with Crippen molar-refractivity contribution < 1.29 is 4.74 Å². The summed E-state index contributed by atoms with van der Waals surface area (Å²) in [6.45, 7) is 2.78. The number of aromatic nitrogens is 2. The maximum absolute atomic E-state index is 5.59. The number of nitrogen functional groups attached to an aromatic ring is 2. The Bertz CT molecular complexity index is 557. The number of anilines is 4. The second kappa shape index (κ2) is 6.58. The van der Waals surface area contributed by atoms with Crippen LogP contribution in [0.25, 0.3) is 0 Å². The summed E-state index contributed by atoms with van der Waals surface area (Å²) in [6, 6.07) is 9.25. The number of nitrogens with zero attached hydrogens (tertiary/aromatic N) is 2. The summed E-state index contributed by atoms with van der Waals surface area (Å²) in [7, 11) is 0. The van der Waals surface area contributed by atoms with Gasteiger partial charge in [-0.2, -0.15) is 9.97 Å². The van der Waals surface area contributed by atoms with E-state index >= 15 is 0 Å². The van der Waals surface area contributed by atoms with Crippen LogP contribution < -0.4 is 27.1 Å². The van der Waals surface area contributed by atoms with E-state index in [1.807, 2.05) is 24.3 Å². The zero-order valence-corrected chi connectivity index (χ0v) is 11.3. The Balaban J connectivity index is 2.07. The van der Waals surface area contributed by atoms with Gasteiger partial charge in [0, 0.05) is 11.8 Å². The maximum atomic E-state index is 5.59. The van der Waals surface area contributed by atoms with Gasteiger partial charge in [0.2, 0.25) is 5.95 Å². The van der Waals surface area contributed by atoms with Gasteiger partial charge in [-0.1, -0.05) is 6.92 Å². The molecule has 106 valence electrons. The normalized spacial score (nSPS) is 10.1. The van der Waals surface area contributed by atoms with E-state index in [2.05, 4.69) is 27.6 Å². The minimum Gasteiger partial charge on any atom is -0.494 e. The fourth-order valence-corrected chi connectivity index (χ4v) is 1.61. The number of benzene rings is 1. The highest BCUT2D eigenvalue weighted by molar-refractivity contribution is 5.61. The molecule has 0 aliphatic rings. The highest BCUT2D eigenvalue weighted by Gasteiger charge is 2.02. The Kier molecular flexibility index (Phi) is 4.56. The van der Waals surface area contributed by atoms with Crippen LogP contribution >= 0.6 is 0 Å². The van der Waals surface area contributed by atoms with Crippen molar-refractivity contribution in [3.63, 3.8) is 0 Å². The van der Waals surface area contributed by atoms with Gasteiger partial charge in [0.15, 0.2) is 0 Å². The molecular formula is C13H18N6O. The largest absolute Gasteiger partial charge is 0.494 e. The zero-order valence-electron chi connectivity index (χ0n) is 11.3. The Morgan fingerprint density at radius 2 is 1.85 bits per heavy atom. The fraction of sp³-hybridized carbons (Fsp3) is 0.231. The monoisotopic (exact) mass is 274 g/mol. The van der Waals surface area contributed by atoms with Gasteiger partial charge in [-0.15, -0.1) is 0 Å². The lowest BCUT2D eigenvalue weighted by molar-refractivity contribution is 0.317. The van der Waals surface area contributed by atoms with Gasteiger partial charge >= 0.3 is 0 Å². The number of hydrazine groups is 1. The fourth-order valence-electron chi connectivity index (χ4n) is 1.61. The van der Waals surface area contributed by atoms with Gasteiger partial charge in [0.1, 0.15) is 17.4 Å². The van der Waals surface area contributed by atoms with E-state index in [0.717, 1.165) is 17.9 Å². The van der Waals surface area contributed by atoms with Crippen molar-refractivity contribution in [1.82, 2.24) is 9.97 Å². The second-order valence-electron chi connectivity index (χ2n) is 4.14. The molecule has 0 unspecified atom stereocenters. The Hall–Kier alpha value is -2.54. The molecule has 0 aliphatic carbocycles. The van der Waals surface area contributed by atoms with Crippen molar-refractivity contribution in [1.29, 1.82) is 0 Å². The van der Waals surface area contributed by atoms with E-state index in [-0.39, 0.29) is 5.95 Å². The van der Waals surface area contributed by atoms with Crippen molar-refractivity contribution in [3.8, 4) is 5.75 Å². The summed E-state index contributed by atoms with van der Waals surface area (Å²) in [6.07, 6.45) is 0.981. The molecule has 1 heterocycles. The molecule has 0 amide bonds. The average molecular weight is 274 g/mol. The number of nitrogens with two attached hydrogens (primary N) is 2. The lowest BCUT2D eigenvalue weighted by Gasteiger charge is -2.09. The quantitative estimate of drug-likeness (QED) is 0.470. The lowest BCUT2D eigenvalue weighted by atomic mass is 10.3. The van der Waals surface area contributed by atoms with Crippen molar-refractivity contribution in [2.45, 2.75) is 13.3 Å². The lowest BCUT2D eigenvalue weighted by Crippen LogP contribution is -2.11. The number of nitrogens with one attached hydrogen (secondary N) is 2. The molecule has 1 aromatic carbocycles. The molecule has 6 N–H and O–H groups in total. The van der Waals surface area contributed by atoms with E-state index < -0.39 is 0 Å². The minimum atomic E-state index is 0.144. The van der Waals surface area contributed by atoms with Crippen LogP contribution in [0.15, 0.2) is 30.3 Å². The van der Waals surface area contributed by atoms with E-state index in [4.69, 9.17) is 16.3 Å². The smallest absolute Gasteiger partial charge is 0.223 e. The average Bonchev–Trinajstić information content (AvgIpc) is 2.46. The molecule has 7 nitrogen and oxygen atoms in total. The Labute approximate surface area is 117 Å². The number of hydrogen-bond acceptors (Lipinski definition) is 7. The predicted octanol–water partition coefficient (Wildman–Crippen LogP) is 1.88. The molecule has 0 fully saturated rings.